The smallest absolute Gasteiger partial charge is 0.254 e. The number of carbonyl (C=O) groups excluding carboxylic acids is 4. The molecule has 2 aliphatic carbocycles. The van der Waals surface area contributed by atoms with Gasteiger partial charge in [-0.1, -0.05) is 64.0 Å². The van der Waals surface area contributed by atoms with E-state index in [2.05, 4.69) is 15.9 Å². The van der Waals surface area contributed by atoms with E-state index in [9.17, 15) is 24.3 Å². The number of phenols is 1. The Labute approximate surface area is 255 Å². The first-order valence-electron chi connectivity index (χ1n) is 13.4. The molecule has 0 bridgehead atoms. The van der Waals surface area contributed by atoms with Gasteiger partial charge in [-0.05, 0) is 48.9 Å². The number of rotatable bonds is 6. The number of amides is 4. The Bertz CT molecular complexity index is 1500. The average molecular weight is 662 g/mol. The lowest BCUT2D eigenvalue weighted by Gasteiger charge is -2.50. The Morgan fingerprint density at radius 1 is 1.00 bits per heavy atom. The molecule has 1 N–H and O–H groups in total. The van der Waals surface area contributed by atoms with E-state index in [0.717, 1.165) is 10.5 Å². The first kappa shape index (κ1) is 28.2. The summed E-state index contributed by atoms with van der Waals surface area (Å²) in [5.41, 5.74) is 1.92. The quantitative estimate of drug-likeness (QED) is 0.208. The number of ether oxygens (including phenoxy) is 1. The van der Waals surface area contributed by atoms with Crippen molar-refractivity contribution in [3.8, 4) is 11.5 Å². The molecule has 0 unspecified atom stereocenters. The fourth-order valence-electron chi connectivity index (χ4n) is 7.10. The third kappa shape index (κ3) is 3.92. The van der Waals surface area contributed by atoms with Crippen LogP contribution in [0, 0.1) is 17.8 Å². The van der Waals surface area contributed by atoms with E-state index in [1.54, 1.807) is 19.1 Å². The van der Waals surface area contributed by atoms with E-state index in [1.807, 2.05) is 36.4 Å². The SMILES string of the molecule is CCOc1cc([C@H]2C3=CC[C@@H]4C(=O)N(Cc5ccccc5)C(=O)[C@@H]4[C@@H]3C[C@@]3(Cl)C(=O)N(CBr)C(=O)[C@@]23Cl)ccc1O. The van der Waals surface area contributed by atoms with Crippen molar-refractivity contribution in [2.75, 3.05) is 12.1 Å². The minimum atomic E-state index is -1.91. The lowest BCUT2D eigenvalue weighted by atomic mass is 9.56. The standard InChI is InChI=1S/C30H27BrCl2N2O6/c1-2-41-22-12-17(8-11-21(22)36)24-18-9-10-19-23(26(38)34(25(19)37)14-16-6-4-3-5-7-16)20(18)13-29(32)27(39)35(15-31)28(40)30(24,29)33/h3-9,11-12,19-20,23-24,36H,2,10,13-15H2,1H3/t19-,20+,23-,24-,29+,30-/m0/s1. The molecule has 214 valence electrons. The molecule has 2 heterocycles. The number of phenolic OH excluding ortho intramolecular Hbond substituents is 1. The summed E-state index contributed by atoms with van der Waals surface area (Å²) in [6.45, 7) is 2.20. The van der Waals surface area contributed by atoms with Crippen LogP contribution in [0.2, 0.25) is 0 Å². The van der Waals surface area contributed by atoms with Crippen LogP contribution in [0.4, 0.5) is 0 Å². The molecular weight excluding hydrogens is 635 g/mol. The van der Waals surface area contributed by atoms with Gasteiger partial charge in [-0.3, -0.25) is 29.0 Å². The van der Waals surface area contributed by atoms with Gasteiger partial charge in [0.25, 0.3) is 11.8 Å². The van der Waals surface area contributed by atoms with E-state index < -0.39 is 45.2 Å². The van der Waals surface area contributed by atoms with Gasteiger partial charge in [0.1, 0.15) is 0 Å². The highest BCUT2D eigenvalue weighted by Crippen LogP contribution is 2.65. The molecule has 4 aliphatic rings. The Kier molecular flexibility index (Phi) is 6.98. The maximum atomic E-state index is 14.0. The van der Waals surface area contributed by atoms with Gasteiger partial charge >= 0.3 is 0 Å². The summed E-state index contributed by atoms with van der Waals surface area (Å²) in [5, 5.41) is 10.4. The maximum Gasteiger partial charge on any atom is 0.254 e. The molecule has 0 spiro atoms. The average Bonchev–Trinajstić information content (AvgIpc) is 3.28. The number of likely N-dealkylation sites (tertiary alicyclic amines) is 2. The fourth-order valence-corrected chi connectivity index (χ4v) is 8.52. The van der Waals surface area contributed by atoms with Crippen LogP contribution in [0.3, 0.4) is 0 Å². The summed E-state index contributed by atoms with van der Waals surface area (Å²) < 4.78 is 5.61. The monoisotopic (exact) mass is 660 g/mol. The molecule has 1 saturated carbocycles. The van der Waals surface area contributed by atoms with Gasteiger partial charge in [0, 0.05) is 5.92 Å². The minimum Gasteiger partial charge on any atom is -0.504 e. The van der Waals surface area contributed by atoms with E-state index in [-0.39, 0.29) is 54.8 Å². The largest absolute Gasteiger partial charge is 0.504 e. The summed E-state index contributed by atoms with van der Waals surface area (Å²) in [5.74, 6) is -4.68. The molecule has 6 atom stereocenters. The number of aromatic hydroxyl groups is 1. The molecule has 0 radical (unpaired) electrons. The van der Waals surface area contributed by atoms with Crippen LogP contribution in [-0.2, 0) is 25.7 Å². The Morgan fingerprint density at radius 2 is 1.73 bits per heavy atom. The van der Waals surface area contributed by atoms with Gasteiger partial charge in [-0.2, -0.15) is 0 Å². The van der Waals surface area contributed by atoms with Crippen LogP contribution in [-0.4, -0.2) is 60.3 Å². The number of hydrogen-bond donors (Lipinski definition) is 1. The molecule has 2 aromatic carbocycles. The molecule has 8 nitrogen and oxygen atoms in total. The second-order valence-electron chi connectivity index (χ2n) is 10.9. The van der Waals surface area contributed by atoms with Crippen molar-refractivity contribution < 1.29 is 29.0 Å². The topological polar surface area (TPSA) is 104 Å². The van der Waals surface area contributed by atoms with Gasteiger partial charge in [-0.25, -0.2) is 0 Å². The van der Waals surface area contributed by atoms with Crippen molar-refractivity contribution >= 4 is 62.8 Å². The number of hydrogen-bond acceptors (Lipinski definition) is 6. The minimum absolute atomic E-state index is 0.0791. The lowest BCUT2D eigenvalue weighted by molar-refractivity contribution is -0.141. The zero-order chi connectivity index (χ0) is 29.3. The highest BCUT2D eigenvalue weighted by atomic mass is 79.9. The van der Waals surface area contributed by atoms with Crippen LogP contribution in [0.15, 0.2) is 60.2 Å². The van der Waals surface area contributed by atoms with Crippen LogP contribution < -0.4 is 4.74 Å². The first-order chi connectivity index (χ1) is 19.6. The van der Waals surface area contributed by atoms with Gasteiger partial charge in [0.05, 0.1) is 30.4 Å². The lowest BCUT2D eigenvalue weighted by Crippen LogP contribution is -2.60. The molecule has 2 aromatic rings. The summed E-state index contributed by atoms with van der Waals surface area (Å²) >= 11 is 17.7. The zero-order valence-corrected chi connectivity index (χ0v) is 25.2. The van der Waals surface area contributed by atoms with E-state index in [4.69, 9.17) is 27.9 Å². The van der Waals surface area contributed by atoms with E-state index in [1.165, 1.54) is 11.0 Å². The number of benzene rings is 2. The molecule has 0 aromatic heterocycles. The second-order valence-corrected chi connectivity index (χ2v) is 12.6. The molecular formula is C30H27BrCl2N2O6. The second kappa shape index (κ2) is 10.1. The van der Waals surface area contributed by atoms with Crippen LogP contribution in [0.1, 0.15) is 36.8 Å². The molecule has 2 saturated heterocycles. The van der Waals surface area contributed by atoms with Crippen molar-refractivity contribution in [3.05, 3.63) is 71.3 Å². The summed E-state index contributed by atoms with van der Waals surface area (Å²) in [6, 6.07) is 13.9. The molecule has 41 heavy (non-hydrogen) atoms. The molecule has 4 amide bonds. The number of fused-ring (bicyclic) bond motifs is 4. The molecule has 11 heteroatoms. The Balaban J connectivity index is 1.48. The fraction of sp³-hybridized carbons (Fsp3) is 0.400. The van der Waals surface area contributed by atoms with Crippen LogP contribution >= 0.6 is 39.1 Å². The van der Waals surface area contributed by atoms with E-state index in [0.29, 0.717) is 11.1 Å². The first-order valence-corrected chi connectivity index (χ1v) is 15.3. The number of halogens is 3. The Morgan fingerprint density at radius 3 is 2.41 bits per heavy atom. The highest BCUT2D eigenvalue weighted by Gasteiger charge is 2.76. The third-order valence-corrected chi connectivity index (χ3v) is 10.8. The van der Waals surface area contributed by atoms with Gasteiger partial charge in [0.15, 0.2) is 21.2 Å². The number of alkyl halides is 3. The van der Waals surface area contributed by atoms with Gasteiger partial charge in [-0.15, -0.1) is 23.2 Å². The van der Waals surface area contributed by atoms with Crippen molar-refractivity contribution in [3.63, 3.8) is 0 Å². The summed E-state index contributed by atoms with van der Waals surface area (Å²) in [6.07, 6.45) is 2.09. The third-order valence-electron chi connectivity index (χ3n) is 8.91. The van der Waals surface area contributed by atoms with Crippen molar-refractivity contribution in [2.45, 2.75) is 42.0 Å². The summed E-state index contributed by atoms with van der Waals surface area (Å²) in [4.78, 5) is 53.6. The van der Waals surface area contributed by atoms with Crippen LogP contribution in [0.25, 0.3) is 0 Å². The molecule has 3 fully saturated rings. The zero-order valence-electron chi connectivity index (χ0n) is 22.1. The number of allylic oxidation sites excluding steroid dienone is 2. The number of imide groups is 2. The van der Waals surface area contributed by atoms with Crippen molar-refractivity contribution in [2.24, 2.45) is 17.8 Å². The van der Waals surface area contributed by atoms with Crippen LogP contribution in [0.5, 0.6) is 11.5 Å². The predicted molar refractivity (Wildman–Crippen MR) is 155 cm³/mol. The van der Waals surface area contributed by atoms with Crippen molar-refractivity contribution in [1.82, 2.24) is 9.80 Å². The van der Waals surface area contributed by atoms with Gasteiger partial charge in [0.2, 0.25) is 11.8 Å². The van der Waals surface area contributed by atoms with E-state index >= 15 is 0 Å². The van der Waals surface area contributed by atoms with Gasteiger partial charge < -0.3 is 9.84 Å². The molecule has 6 rings (SSSR count). The maximum absolute atomic E-state index is 14.0. The highest BCUT2D eigenvalue weighted by molar-refractivity contribution is 9.09. The predicted octanol–water partition coefficient (Wildman–Crippen LogP) is 4.70. The molecule has 2 aliphatic heterocycles. The number of nitrogens with zero attached hydrogens (tertiary/aromatic N) is 2. The number of carbonyl (C=O) groups is 4. The Hall–Kier alpha value is -2.88. The van der Waals surface area contributed by atoms with Crippen molar-refractivity contribution in [1.29, 1.82) is 0 Å². The summed E-state index contributed by atoms with van der Waals surface area (Å²) in [7, 11) is 0. The normalized spacial score (nSPS) is 32.5.